The van der Waals surface area contributed by atoms with Gasteiger partial charge >= 0.3 is 6.09 Å². The summed E-state index contributed by atoms with van der Waals surface area (Å²) < 4.78 is 10.7. The molecule has 2 unspecified atom stereocenters. The lowest BCUT2D eigenvalue weighted by Crippen LogP contribution is -2.47. The Balaban J connectivity index is 2.06. The fourth-order valence-corrected chi connectivity index (χ4v) is 2.92. The third kappa shape index (κ3) is 2.74. The van der Waals surface area contributed by atoms with Crippen LogP contribution in [0.4, 0.5) is 4.79 Å². The van der Waals surface area contributed by atoms with Gasteiger partial charge in [0.15, 0.2) is 0 Å². The third-order valence-corrected chi connectivity index (χ3v) is 3.60. The van der Waals surface area contributed by atoms with Gasteiger partial charge in [-0.25, -0.2) is 4.79 Å². The molecule has 0 spiro atoms. The lowest BCUT2D eigenvalue weighted by Gasteiger charge is -2.29. The molecule has 0 saturated carbocycles. The van der Waals surface area contributed by atoms with Crippen molar-refractivity contribution in [3.8, 4) is 0 Å². The summed E-state index contributed by atoms with van der Waals surface area (Å²) in [5.74, 6) is 0.766. The van der Waals surface area contributed by atoms with E-state index < -0.39 is 17.7 Å². The van der Waals surface area contributed by atoms with Crippen molar-refractivity contribution in [3.05, 3.63) is 0 Å². The molecular weight excluding hydrogens is 242 g/mol. The number of thioether (sulfide) groups is 1. The standard InChI is InChI=1S/C11H17NO4S/c1-11(2,3)16-10(14)12-6-15-7-4-5-17-9(13)8(7)12/h7-8H,4-6H2,1-3H3. The summed E-state index contributed by atoms with van der Waals surface area (Å²) in [7, 11) is 0. The molecule has 5 nitrogen and oxygen atoms in total. The molecule has 0 aliphatic carbocycles. The van der Waals surface area contributed by atoms with E-state index >= 15 is 0 Å². The van der Waals surface area contributed by atoms with E-state index in [-0.39, 0.29) is 18.0 Å². The lowest BCUT2D eigenvalue weighted by molar-refractivity contribution is -0.116. The predicted molar refractivity (Wildman–Crippen MR) is 63.7 cm³/mol. The van der Waals surface area contributed by atoms with Crippen LogP contribution in [0.15, 0.2) is 0 Å². The molecule has 0 bridgehead atoms. The molecule has 2 fully saturated rings. The maximum absolute atomic E-state index is 11.9. The molecule has 2 atom stereocenters. The van der Waals surface area contributed by atoms with Crippen LogP contribution in [0.3, 0.4) is 0 Å². The van der Waals surface area contributed by atoms with Crippen LogP contribution >= 0.6 is 11.8 Å². The molecular formula is C11H17NO4S. The number of amides is 1. The van der Waals surface area contributed by atoms with Crippen LogP contribution in [0.1, 0.15) is 27.2 Å². The van der Waals surface area contributed by atoms with E-state index in [4.69, 9.17) is 9.47 Å². The highest BCUT2D eigenvalue weighted by molar-refractivity contribution is 8.13. The first-order chi connectivity index (χ1) is 7.88. The van der Waals surface area contributed by atoms with Crippen molar-refractivity contribution in [2.75, 3.05) is 12.5 Å². The smallest absolute Gasteiger partial charge is 0.412 e. The van der Waals surface area contributed by atoms with Crippen LogP contribution in [0.2, 0.25) is 0 Å². The van der Waals surface area contributed by atoms with Gasteiger partial charge in [-0.3, -0.25) is 9.69 Å². The Bertz CT molecular complexity index is 339. The largest absolute Gasteiger partial charge is 0.444 e. The van der Waals surface area contributed by atoms with E-state index in [0.29, 0.717) is 0 Å². The molecule has 2 heterocycles. The Labute approximate surface area is 105 Å². The van der Waals surface area contributed by atoms with Gasteiger partial charge in [0.05, 0.1) is 6.10 Å². The second-order valence-corrected chi connectivity index (χ2v) is 6.28. The molecule has 96 valence electrons. The highest BCUT2D eigenvalue weighted by Gasteiger charge is 2.46. The van der Waals surface area contributed by atoms with Gasteiger partial charge in [0, 0.05) is 5.75 Å². The van der Waals surface area contributed by atoms with Crippen molar-refractivity contribution in [2.45, 2.75) is 44.9 Å². The van der Waals surface area contributed by atoms with Gasteiger partial charge in [0.25, 0.3) is 0 Å². The molecule has 2 rings (SSSR count). The van der Waals surface area contributed by atoms with E-state index in [2.05, 4.69) is 0 Å². The van der Waals surface area contributed by atoms with Gasteiger partial charge in [0.1, 0.15) is 18.4 Å². The van der Waals surface area contributed by atoms with Crippen molar-refractivity contribution < 1.29 is 19.1 Å². The zero-order chi connectivity index (χ0) is 12.6. The molecule has 0 aromatic heterocycles. The van der Waals surface area contributed by atoms with Crippen LogP contribution in [0.5, 0.6) is 0 Å². The number of hydrogen-bond donors (Lipinski definition) is 0. The minimum absolute atomic E-state index is 0.00427. The van der Waals surface area contributed by atoms with Crippen molar-refractivity contribution in [1.82, 2.24) is 4.90 Å². The molecule has 17 heavy (non-hydrogen) atoms. The molecule has 0 radical (unpaired) electrons. The second kappa shape index (κ2) is 4.49. The Hall–Kier alpha value is -0.750. The van der Waals surface area contributed by atoms with Gasteiger partial charge in [-0.05, 0) is 27.2 Å². The van der Waals surface area contributed by atoms with Gasteiger partial charge in [0.2, 0.25) is 5.12 Å². The first-order valence-corrected chi connectivity index (χ1v) is 6.65. The first-order valence-electron chi connectivity index (χ1n) is 5.66. The quantitative estimate of drug-likeness (QED) is 0.661. The molecule has 2 saturated heterocycles. The average molecular weight is 259 g/mol. The molecule has 2 aliphatic rings. The van der Waals surface area contributed by atoms with Gasteiger partial charge in [-0.2, -0.15) is 0 Å². The summed E-state index contributed by atoms with van der Waals surface area (Å²) in [6, 6.07) is -0.469. The molecule has 0 aromatic rings. The number of hydrogen-bond acceptors (Lipinski definition) is 5. The minimum Gasteiger partial charge on any atom is -0.444 e. The molecule has 0 N–H and O–H groups in total. The topological polar surface area (TPSA) is 55.8 Å². The number of rotatable bonds is 0. The molecule has 0 aromatic carbocycles. The molecule has 1 amide bonds. The van der Waals surface area contributed by atoms with Crippen LogP contribution in [-0.2, 0) is 14.3 Å². The predicted octanol–water partition coefficient (Wildman–Crippen LogP) is 1.61. The number of ether oxygens (including phenoxy) is 2. The summed E-state index contributed by atoms with van der Waals surface area (Å²) in [4.78, 5) is 25.1. The fourth-order valence-electron chi connectivity index (χ4n) is 1.92. The van der Waals surface area contributed by atoms with E-state index in [0.717, 1.165) is 12.2 Å². The fraction of sp³-hybridized carbons (Fsp3) is 0.818. The second-order valence-electron chi connectivity index (χ2n) is 5.19. The van der Waals surface area contributed by atoms with Crippen LogP contribution in [0.25, 0.3) is 0 Å². The zero-order valence-corrected chi connectivity index (χ0v) is 11.1. The van der Waals surface area contributed by atoms with Crippen molar-refractivity contribution in [1.29, 1.82) is 0 Å². The molecule has 2 aliphatic heterocycles. The summed E-state index contributed by atoms with van der Waals surface area (Å²) in [5, 5.41) is 0.00427. The lowest BCUT2D eigenvalue weighted by atomic mass is 10.1. The van der Waals surface area contributed by atoms with E-state index in [1.165, 1.54) is 16.7 Å². The van der Waals surface area contributed by atoms with Crippen LogP contribution in [0, 0.1) is 0 Å². The summed E-state index contributed by atoms with van der Waals surface area (Å²) in [6.45, 7) is 5.56. The Morgan fingerprint density at radius 2 is 2.24 bits per heavy atom. The number of fused-ring (bicyclic) bond motifs is 1. The van der Waals surface area contributed by atoms with Gasteiger partial charge in [-0.1, -0.05) is 11.8 Å². The van der Waals surface area contributed by atoms with Crippen LogP contribution in [-0.4, -0.2) is 46.3 Å². The maximum atomic E-state index is 11.9. The van der Waals surface area contributed by atoms with Crippen LogP contribution < -0.4 is 0 Å². The summed E-state index contributed by atoms with van der Waals surface area (Å²) >= 11 is 1.27. The van der Waals surface area contributed by atoms with Gasteiger partial charge in [-0.15, -0.1) is 0 Å². The molecule has 6 heteroatoms. The van der Waals surface area contributed by atoms with Crippen molar-refractivity contribution in [3.63, 3.8) is 0 Å². The average Bonchev–Trinajstić information content (AvgIpc) is 2.60. The Kier molecular flexibility index (Phi) is 3.36. The van der Waals surface area contributed by atoms with E-state index in [9.17, 15) is 9.59 Å². The third-order valence-electron chi connectivity index (χ3n) is 2.63. The summed E-state index contributed by atoms with van der Waals surface area (Å²) in [5.41, 5.74) is -0.556. The van der Waals surface area contributed by atoms with Gasteiger partial charge < -0.3 is 9.47 Å². The highest BCUT2D eigenvalue weighted by atomic mass is 32.2. The Morgan fingerprint density at radius 3 is 2.88 bits per heavy atom. The number of carbonyl (C=O) groups excluding carboxylic acids is 2. The summed E-state index contributed by atoms with van der Waals surface area (Å²) in [6.07, 6.45) is 0.178. The number of carbonyl (C=O) groups is 2. The maximum Gasteiger partial charge on any atom is 0.412 e. The Morgan fingerprint density at radius 1 is 1.53 bits per heavy atom. The highest BCUT2D eigenvalue weighted by Crippen LogP contribution is 2.31. The van der Waals surface area contributed by atoms with E-state index in [1.807, 2.05) is 0 Å². The van der Waals surface area contributed by atoms with Crippen molar-refractivity contribution >= 4 is 23.0 Å². The first kappa shape index (κ1) is 12.7. The monoisotopic (exact) mass is 259 g/mol. The zero-order valence-electron chi connectivity index (χ0n) is 10.3. The minimum atomic E-state index is -0.556. The number of nitrogens with zero attached hydrogens (tertiary/aromatic N) is 1. The SMILES string of the molecule is CC(C)(C)OC(=O)N1COC2CCSC(=O)C21. The normalized spacial score (nSPS) is 29.1. The van der Waals surface area contributed by atoms with E-state index in [1.54, 1.807) is 20.8 Å². The van der Waals surface area contributed by atoms with Crippen molar-refractivity contribution in [2.24, 2.45) is 0 Å².